The van der Waals surface area contributed by atoms with Crippen molar-refractivity contribution in [3.05, 3.63) is 68.4 Å². The molecule has 9 heteroatoms. The Kier molecular flexibility index (Phi) is 5.66. The third kappa shape index (κ3) is 4.06. The molecule has 4 rings (SSSR count). The number of phenols is 1. The smallest absolute Gasteiger partial charge is 0.293 e. The number of carbonyl (C=O) groups excluding carboxylic acids is 2. The second-order valence-corrected chi connectivity index (χ2v) is 9.55. The number of benzene rings is 2. The molecule has 0 radical (unpaired) electrons. The summed E-state index contributed by atoms with van der Waals surface area (Å²) in [6.45, 7) is 3.85. The van der Waals surface area contributed by atoms with Gasteiger partial charge in [0.1, 0.15) is 5.69 Å². The van der Waals surface area contributed by atoms with E-state index < -0.39 is 16.3 Å². The number of allylic oxidation sites excluding steroid dienone is 2. The van der Waals surface area contributed by atoms with Crippen molar-refractivity contribution in [2.45, 2.75) is 39.0 Å². The van der Waals surface area contributed by atoms with Crippen molar-refractivity contribution < 1.29 is 24.4 Å². The molecule has 8 nitrogen and oxygen atoms in total. The van der Waals surface area contributed by atoms with Gasteiger partial charge in [-0.15, -0.1) is 0 Å². The largest absolute Gasteiger partial charge is 0.504 e. The zero-order chi connectivity index (χ0) is 24.1. The first-order valence-corrected chi connectivity index (χ1v) is 10.8. The summed E-state index contributed by atoms with van der Waals surface area (Å²) in [6.07, 6.45) is 0.606. The molecular formula is C24H23ClN2O6. The molecule has 2 aromatic carbocycles. The molecule has 1 aliphatic heterocycles. The summed E-state index contributed by atoms with van der Waals surface area (Å²) < 4.78 is 5.21. The Morgan fingerprint density at radius 1 is 1.18 bits per heavy atom. The number of nitrogens with zero attached hydrogens (tertiary/aromatic N) is 2. The standard InChI is InChI=1S/C24H23ClN2O6/c1-24(2)11-18-23(20(29)12-24)15(13-4-7-19(28)21(8-13)33-3)10-22(30)26(18)17-9-14(25)5-6-16(17)27(31)32/h4-9,15,28H,10-12H2,1-3H3. The molecule has 172 valence electrons. The van der Waals surface area contributed by atoms with Crippen LogP contribution >= 0.6 is 11.6 Å². The molecule has 1 amide bonds. The van der Waals surface area contributed by atoms with E-state index in [1.165, 1.54) is 36.3 Å². The second kappa shape index (κ2) is 8.19. The van der Waals surface area contributed by atoms with E-state index in [1.54, 1.807) is 12.1 Å². The number of halogens is 1. The minimum absolute atomic E-state index is 0.0510. The predicted molar refractivity (Wildman–Crippen MR) is 123 cm³/mol. The lowest BCUT2D eigenvalue weighted by Crippen LogP contribution is -2.44. The van der Waals surface area contributed by atoms with E-state index in [0.29, 0.717) is 23.3 Å². The lowest BCUT2D eigenvalue weighted by molar-refractivity contribution is -0.384. The molecular weight excluding hydrogens is 448 g/mol. The molecule has 0 saturated heterocycles. The Labute approximate surface area is 195 Å². The molecule has 1 unspecified atom stereocenters. The van der Waals surface area contributed by atoms with Gasteiger partial charge in [0.05, 0.1) is 12.0 Å². The Morgan fingerprint density at radius 3 is 2.58 bits per heavy atom. The minimum Gasteiger partial charge on any atom is -0.504 e. The van der Waals surface area contributed by atoms with Gasteiger partial charge in [0.15, 0.2) is 17.3 Å². The fraction of sp³-hybridized carbons (Fsp3) is 0.333. The normalized spacial score (nSPS) is 20.0. The number of amides is 1. The Balaban J connectivity index is 1.96. The van der Waals surface area contributed by atoms with E-state index in [-0.39, 0.29) is 52.4 Å². The Bertz CT molecular complexity index is 1220. The van der Waals surface area contributed by atoms with Crippen LogP contribution in [0.25, 0.3) is 0 Å². The van der Waals surface area contributed by atoms with Crippen molar-refractivity contribution >= 4 is 34.7 Å². The first-order valence-electron chi connectivity index (χ1n) is 10.4. The van der Waals surface area contributed by atoms with Gasteiger partial charge in [-0.2, -0.15) is 0 Å². The number of anilines is 1. The van der Waals surface area contributed by atoms with E-state index in [0.717, 1.165) is 0 Å². The number of ether oxygens (including phenoxy) is 1. The lowest BCUT2D eigenvalue weighted by Gasteiger charge is -2.42. The molecule has 0 aromatic heterocycles. The quantitative estimate of drug-likeness (QED) is 0.490. The fourth-order valence-electron chi connectivity index (χ4n) is 4.72. The number of Topliss-reactive ketones (excluding diaryl/α,β-unsaturated/α-hetero) is 1. The highest BCUT2D eigenvalue weighted by Crippen LogP contribution is 2.50. The summed E-state index contributed by atoms with van der Waals surface area (Å²) in [5.41, 5.74) is 0.915. The summed E-state index contributed by atoms with van der Waals surface area (Å²) in [7, 11) is 1.42. The number of aromatic hydroxyl groups is 1. The average Bonchev–Trinajstić information content (AvgIpc) is 2.72. The highest BCUT2D eigenvalue weighted by atomic mass is 35.5. The molecule has 2 aromatic rings. The van der Waals surface area contributed by atoms with Crippen LogP contribution in [0, 0.1) is 15.5 Å². The van der Waals surface area contributed by atoms with Crippen LogP contribution in [0.3, 0.4) is 0 Å². The topological polar surface area (TPSA) is 110 Å². The van der Waals surface area contributed by atoms with Crippen LogP contribution < -0.4 is 9.64 Å². The third-order valence-electron chi connectivity index (χ3n) is 6.12. The van der Waals surface area contributed by atoms with E-state index in [4.69, 9.17) is 16.3 Å². The fourth-order valence-corrected chi connectivity index (χ4v) is 4.89. The van der Waals surface area contributed by atoms with Gasteiger partial charge in [-0.1, -0.05) is 31.5 Å². The Hall–Kier alpha value is -3.39. The first-order chi connectivity index (χ1) is 15.5. The molecule has 33 heavy (non-hydrogen) atoms. The third-order valence-corrected chi connectivity index (χ3v) is 6.36. The molecule has 0 fully saturated rings. The first kappa shape index (κ1) is 22.8. The molecule has 0 saturated carbocycles. The number of hydrogen-bond donors (Lipinski definition) is 1. The van der Waals surface area contributed by atoms with E-state index in [2.05, 4.69) is 0 Å². The molecule has 1 heterocycles. The molecule has 1 N–H and O–H groups in total. The van der Waals surface area contributed by atoms with E-state index in [9.17, 15) is 24.8 Å². The SMILES string of the molecule is COc1cc(C2CC(=O)N(c3cc(Cl)ccc3[N+](=O)[O-])C3=C2C(=O)CC(C)(C)C3)ccc1O. The number of nitro benzene ring substituents is 1. The van der Waals surface area contributed by atoms with Crippen LogP contribution in [-0.2, 0) is 9.59 Å². The Morgan fingerprint density at radius 2 is 1.91 bits per heavy atom. The number of methoxy groups -OCH3 is 1. The minimum atomic E-state index is -0.564. The van der Waals surface area contributed by atoms with Gasteiger partial charge < -0.3 is 9.84 Å². The van der Waals surface area contributed by atoms with Gasteiger partial charge in [0.25, 0.3) is 5.69 Å². The van der Waals surface area contributed by atoms with Crippen LogP contribution in [0.5, 0.6) is 11.5 Å². The monoisotopic (exact) mass is 470 g/mol. The van der Waals surface area contributed by atoms with Crippen LogP contribution in [0.4, 0.5) is 11.4 Å². The van der Waals surface area contributed by atoms with Crippen LogP contribution in [-0.4, -0.2) is 28.8 Å². The molecule has 1 aliphatic carbocycles. The number of carbonyl (C=O) groups is 2. The number of nitro groups is 1. The van der Waals surface area contributed by atoms with Crippen molar-refractivity contribution in [2.75, 3.05) is 12.0 Å². The number of ketones is 1. The van der Waals surface area contributed by atoms with Gasteiger partial charge in [0.2, 0.25) is 5.91 Å². The number of rotatable bonds is 4. The molecule has 0 spiro atoms. The average molecular weight is 471 g/mol. The van der Waals surface area contributed by atoms with Crippen molar-refractivity contribution in [3.8, 4) is 11.5 Å². The number of phenolic OH excluding ortho intramolecular Hbond substituents is 1. The summed E-state index contributed by atoms with van der Waals surface area (Å²) in [6, 6.07) is 8.78. The van der Waals surface area contributed by atoms with Crippen molar-refractivity contribution in [1.29, 1.82) is 0 Å². The maximum Gasteiger partial charge on any atom is 0.293 e. The van der Waals surface area contributed by atoms with Gasteiger partial charge in [-0.25, -0.2) is 0 Å². The second-order valence-electron chi connectivity index (χ2n) is 9.11. The van der Waals surface area contributed by atoms with E-state index in [1.807, 2.05) is 13.8 Å². The van der Waals surface area contributed by atoms with Crippen LogP contribution in [0.1, 0.15) is 44.6 Å². The molecule has 2 aliphatic rings. The van der Waals surface area contributed by atoms with Gasteiger partial charge in [0, 0.05) is 41.1 Å². The van der Waals surface area contributed by atoms with Gasteiger partial charge in [-0.3, -0.25) is 24.6 Å². The summed E-state index contributed by atoms with van der Waals surface area (Å²) >= 11 is 6.14. The van der Waals surface area contributed by atoms with E-state index >= 15 is 0 Å². The molecule has 0 bridgehead atoms. The predicted octanol–water partition coefficient (Wildman–Crippen LogP) is 5.13. The summed E-state index contributed by atoms with van der Waals surface area (Å²) in [4.78, 5) is 39.3. The summed E-state index contributed by atoms with van der Waals surface area (Å²) in [5.74, 6) is -0.856. The van der Waals surface area contributed by atoms with Crippen molar-refractivity contribution in [3.63, 3.8) is 0 Å². The van der Waals surface area contributed by atoms with Crippen molar-refractivity contribution in [2.24, 2.45) is 5.41 Å². The maximum atomic E-state index is 13.5. The highest BCUT2D eigenvalue weighted by molar-refractivity contribution is 6.31. The van der Waals surface area contributed by atoms with Crippen LogP contribution in [0.2, 0.25) is 5.02 Å². The lowest BCUT2D eigenvalue weighted by atomic mass is 9.69. The number of hydrogen-bond acceptors (Lipinski definition) is 6. The molecule has 1 atom stereocenters. The van der Waals surface area contributed by atoms with Gasteiger partial charge >= 0.3 is 0 Å². The maximum absolute atomic E-state index is 13.5. The zero-order valence-electron chi connectivity index (χ0n) is 18.4. The van der Waals surface area contributed by atoms with Crippen LogP contribution in [0.15, 0.2) is 47.7 Å². The van der Waals surface area contributed by atoms with Crippen molar-refractivity contribution in [1.82, 2.24) is 0 Å². The zero-order valence-corrected chi connectivity index (χ0v) is 19.2. The highest BCUT2D eigenvalue weighted by Gasteiger charge is 2.45. The summed E-state index contributed by atoms with van der Waals surface area (Å²) in [5, 5.41) is 22.0. The van der Waals surface area contributed by atoms with Gasteiger partial charge in [-0.05, 0) is 41.7 Å².